The molecule has 5 heteroatoms. The summed E-state index contributed by atoms with van der Waals surface area (Å²) in [6, 6.07) is 8.10. The van der Waals surface area contributed by atoms with E-state index in [0.717, 1.165) is 35.1 Å². The van der Waals surface area contributed by atoms with Gasteiger partial charge in [0.05, 0.1) is 18.7 Å². The average molecular weight is 354 g/mol. The second-order valence-electron chi connectivity index (χ2n) is 7.74. The Balaban J connectivity index is 1.88. The van der Waals surface area contributed by atoms with Crippen LogP contribution >= 0.6 is 0 Å². The molecular weight excluding hydrogens is 328 g/mol. The van der Waals surface area contributed by atoms with E-state index in [1.807, 2.05) is 18.2 Å². The monoisotopic (exact) mass is 354 g/mol. The fourth-order valence-electron chi connectivity index (χ4n) is 5.15. The van der Waals surface area contributed by atoms with Gasteiger partial charge >= 0.3 is 5.97 Å². The molecule has 2 aromatic rings. The number of hydrogen-bond donors (Lipinski definition) is 1. The largest absolute Gasteiger partial charge is 0.469 e. The van der Waals surface area contributed by atoms with E-state index in [9.17, 15) is 9.59 Å². The van der Waals surface area contributed by atoms with Gasteiger partial charge in [0.2, 0.25) is 0 Å². The second-order valence-corrected chi connectivity index (χ2v) is 7.74. The molecule has 4 rings (SSSR count). The number of benzene rings is 1. The molecule has 1 aliphatic heterocycles. The number of rotatable bonds is 2. The van der Waals surface area contributed by atoms with Crippen molar-refractivity contribution in [1.82, 2.24) is 9.88 Å². The Morgan fingerprint density at radius 2 is 2.08 bits per heavy atom. The number of likely N-dealkylation sites (N-methyl/N-ethyl adjacent to an activating group) is 1. The van der Waals surface area contributed by atoms with E-state index in [1.165, 1.54) is 7.11 Å². The number of aromatic amines is 1. The maximum Gasteiger partial charge on any atom is 0.310 e. The first kappa shape index (κ1) is 17.3. The molecule has 5 nitrogen and oxygen atoms in total. The Morgan fingerprint density at radius 1 is 1.31 bits per heavy atom. The summed E-state index contributed by atoms with van der Waals surface area (Å²) in [6.07, 6.45) is 2.05. The van der Waals surface area contributed by atoms with Gasteiger partial charge in [-0.15, -0.1) is 0 Å². The summed E-state index contributed by atoms with van der Waals surface area (Å²) in [6.45, 7) is 3.06. The van der Waals surface area contributed by atoms with Crippen LogP contribution in [0.1, 0.15) is 35.8 Å². The predicted molar refractivity (Wildman–Crippen MR) is 100 cm³/mol. The summed E-state index contributed by atoms with van der Waals surface area (Å²) in [4.78, 5) is 31.5. The minimum Gasteiger partial charge on any atom is -0.469 e. The van der Waals surface area contributed by atoms with E-state index >= 15 is 0 Å². The van der Waals surface area contributed by atoms with Crippen LogP contribution in [-0.2, 0) is 16.0 Å². The van der Waals surface area contributed by atoms with Crippen LogP contribution in [0, 0.1) is 17.8 Å². The number of para-hydroxylation sites is 1. The summed E-state index contributed by atoms with van der Waals surface area (Å²) < 4.78 is 5.17. The second kappa shape index (κ2) is 6.54. The molecule has 1 aliphatic carbocycles. The minimum atomic E-state index is -0.255. The predicted octanol–water partition coefficient (Wildman–Crippen LogP) is 3.04. The molecule has 2 bridgehead atoms. The first-order valence-electron chi connectivity index (χ1n) is 9.46. The van der Waals surface area contributed by atoms with Crippen LogP contribution in [0.4, 0.5) is 0 Å². The maximum atomic E-state index is 13.1. The number of nitrogens with one attached hydrogen (secondary N) is 1. The molecule has 0 radical (unpaired) electrons. The third-order valence-corrected chi connectivity index (χ3v) is 6.49. The number of carbonyl (C=O) groups excluding carboxylic acids is 2. The number of ketones is 1. The molecule has 0 spiro atoms. The molecule has 1 saturated heterocycles. The first-order chi connectivity index (χ1) is 12.5. The fourth-order valence-corrected chi connectivity index (χ4v) is 5.15. The van der Waals surface area contributed by atoms with E-state index in [-0.39, 0.29) is 29.6 Å². The number of esters is 1. The number of methoxy groups -OCH3 is 1. The number of nitrogens with zero attached hydrogens (tertiary/aromatic N) is 1. The standard InChI is InChI=1S/C21H26N2O3/c1-4-12-11-23(2)17-9-15-13-7-5-6-8-16(13)22-20(15)18(24)10-14(12)19(17)21(25)26-3/h5-8,12,14,17,19,22H,4,9-11H2,1-3H3/t12-,14+,17+,19+/m0/s1. The van der Waals surface area contributed by atoms with Crippen molar-refractivity contribution in [2.24, 2.45) is 17.8 Å². The zero-order valence-electron chi connectivity index (χ0n) is 15.6. The van der Waals surface area contributed by atoms with Crippen LogP contribution in [0.5, 0.6) is 0 Å². The lowest BCUT2D eigenvalue weighted by Crippen LogP contribution is -2.56. The molecule has 1 aromatic heterocycles. The van der Waals surface area contributed by atoms with Crippen molar-refractivity contribution in [2.75, 3.05) is 20.7 Å². The van der Waals surface area contributed by atoms with Gasteiger partial charge < -0.3 is 14.6 Å². The van der Waals surface area contributed by atoms with Crippen molar-refractivity contribution in [3.8, 4) is 0 Å². The van der Waals surface area contributed by atoms with Crippen molar-refractivity contribution in [2.45, 2.75) is 32.2 Å². The van der Waals surface area contributed by atoms with Gasteiger partial charge in [-0.05, 0) is 36.9 Å². The van der Waals surface area contributed by atoms with Gasteiger partial charge in [-0.3, -0.25) is 9.59 Å². The maximum absolute atomic E-state index is 13.1. The number of fused-ring (bicyclic) bond motifs is 5. The molecule has 1 aromatic carbocycles. The average Bonchev–Trinajstić information content (AvgIpc) is 3.01. The van der Waals surface area contributed by atoms with E-state index in [4.69, 9.17) is 4.74 Å². The summed E-state index contributed by atoms with van der Waals surface area (Å²) in [7, 11) is 3.55. The third kappa shape index (κ3) is 2.57. The van der Waals surface area contributed by atoms with Crippen molar-refractivity contribution >= 4 is 22.7 Å². The summed E-state index contributed by atoms with van der Waals surface area (Å²) in [5.41, 5.74) is 2.77. The summed E-state index contributed by atoms with van der Waals surface area (Å²) in [5.74, 6) is 0.0584. The number of likely N-dealkylation sites (tertiary alicyclic amines) is 1. The molecule has 2 heterocycles. The number of H-pyrrole nitrogens is 1. The zero-order valence-corrected chi connectivity index (χ0v) is 15.6. The Bertz CT molecular complexity index is 856. The normalized spacial score (nSPS) is 29.1. The molecule has 0 saturated carbocycles. The van der Waals surface area contributed by atoms with Crippen LogP contribution in [0.25, 0.3) is 10.9 Å². The van der Waals surface area contributed by atoms with Gasteiger partial charge in [0, 0.05) is 29.9 Å². The molecule has 1 N–H and O–H groups in total. The molecule has 0 unspecified atom stereocenters. The van der Waals surface area contributed by atoms with Crippen LogP contribution in [-0.4, -0.2) is 48.4 Å². The Kier molecular flexibility index (Phi) is 4.35. The highest BCUT2D eigenvalue weighted by molar-refractivity contribution is 6.03. The number of Topliss-reactive ketones (excluding diaryl/α,β-unsaturated/α-hetero) is 1. The topological polar surface area (TPSA) is 62.4 Å². The van der Waals surface area contributed by atoms with Crippen molar-refractivity contribution in [3.05, 3.63) is 35.5 Å². The van der Waals surface area contributed by atoms with E-state index in [1.54, 1.807) is 0 Å². The van der Waals surface area contributed by atoms with Crippen LogP contribution in [0.2, 0.25) is 0 Å². The lowest BCUT2D eigenvalue weighted by atomic mass is 9.67. The molecule has 4 atom stereocenters. The van der Waals surface area contributed by atoms with Crippen LogP contribution in [0.15, 0.2) is 24.3 Å². The lowest BCUT2D eigenvalue weighted by Gasteiger charge is -2.47. The van der Waals surface area contributed by atoms with Gasteiger partial charge in [-0.25, -0.2) is 0 Å². The molecule has 26 heavy (non-hydrogen) atoms. The van der Waals surface area contributed by atoms with Gasteiger partial charge in [0.25, 0.3) is 0 Å². The van der Waals surface area contributed by atoms with Crippen molar-refractivity contribution < 1.29 is 14.3 Å². The van der Waals surface area contributed by atoms with Gasteiger partial charge in [0.15, 0.2) is 5.78 Å². The number of carbonyl (C=O) groups is 2. The molecular formula is C21H26N2O3. The zero-order chi connectivity index (χ0) is 18.4. The fraction of sp³-hybridized carbons (Fsp3) is 0.524. The highest BCUT2D eigenvalue weighted by Gasteiger charge is 2.48. The number of hydrogen-bond acceptors (Lipinski definition) is 4. The van der Waals surface area contributed by atoms with Gasteiger partial charge in [0.1, 0.15) is 0 Å². The Hall–Kier alpha value is -2.14. The highest BCUT2D eigenvalue weighted by atomic mass is 16.5. The highest BCUT2D eigenvalue weighted by Crippen LogP contribution is 2.42. The molecule has 0 amide bonds. The SMILES string of the molecule is CC[C@H]1CN(C)[C@@H]2Cc3c([nH]c4ccccc34)C(=O)C[C@H]1[C@H]2C(=O)OC. The summed E-state index contributed by atoms with van der Waals surface area (Å²) in [5, 5.41) is 1.09. The quantitative estimate of drug-likeness (QED) is 0.842. The molecule has 2 aliphatic rings. The number of aromatic nitrogens is 1. The molecule has 138 valence electrons. The van der Waals surface area contributed by atoms with Crippen molar-refractivity contribution in [1.29, 1.82) is 0 Å². The smallest absolute Gasteiger partial charge is 0.310 e. The molecule has 1 fully saturated rings. The van der Waals surface area contributed by atoms with E-state index in [0.29, 0.717) is 18.8 Å². The van der Waals surface area contributed by atoms with E-state index < -0.39 is 0 Å². The number of ether oxygens (including phenoxy) is 1. The minimum absolute atomic E-state index is 0.0423. The third-order valence-electron chi connectivity index (χ3n) is 6.49. The Labute approximate surface area is 153 Å². The van der Waals surface area contributed by atoms with Crippen LogP contribution in [0.3, 0.4) is 0 Å². The number of piperidine rings is 1. The van der Waals surface area contributed by atoms with Gasteiger partial charge in [-0.1, -0.05) is 31.5 Å². The lowest BCUT2D eigenvalue weighted by molar-refractivity contribution is -0.154. The Morgan fingerprint density at radius 3 is 2.81 bits per heavy atom. The first-order valence-corrected chi connectivity index (χ1v) is 9.46. The van der Waals surface area contributed by atoms with Gasteiger partial charge in [-0.2, -0.15) is 0 Å². The van der Waals surface area contributed by atoms with Crippen LogP contribution < -0.4 is 0 Å². The van der Waals surface area contributed by atoms with E-state index in [2.05, 4.69) is 29.9 Å². The summed E-state index contributed by atoms with van der Waals surface area (Å²) >= 11 is 0. The van der Waals surface area contributed by atoms with Crippen molar-refractivity contribution in [3.63, 3.8) is 0 Å².